The number of aromatic nitrogens is 4. The molecule has 34 heavy (non-hydrogen) atoms. The van der Waals surface area contributed by atoms with Crippen LogP contribution in [0.2, 0.25) is 0 Å². The van der Waals surface area contributed by atoms with E-state index in [2.05, 4.69) is 37.4 Å². The molecule has 1 aliphatic heterocycles. The molecule has 3 aromatic heterocycles. The van der Waals surface area contributed by atoms with Crippen molar-refractivity contribution >= 4 is 44.2 Å². The number of para-hydroxylation sites is 1. The number of pyridine rings is 1. The van der Waals surface area contributed by atoms with E-state index in [1.54, 1.807) is 10.7 Å². The highest BCUT2D eigenvalue weighted by atomic mass is 79.9. The number of likely N-dealkylation sites (tertiary alicyclic amines) is 1. The first-order valence-electron chi connectivity index (χ1n) is 11.6. The Balaban J connectivity index is 1.37. The number of amides is 1. The smallest absolute Gasteiger partial charge is 0.225 e. The molecule has 1 saturated heterocycles. The van der Waals surface area contributed by atoms with Gasteiger partial charge in [0.25, 0.3) is 0 Å². The van der Waals surface area contributed by atoms with Crippen LogP contribution in [0.1, 0.15) is 32.4 Å². The Morgan fingerprint density at radius 3 is 2.76 bits per heavy atom. The highest BCUT2D eigenvalue weighted by Crippen LogP contribution is 2.31. The van der Waals surface area contributed by atoms with Crippen LogP contribution in [-0.2, 0) is 11.3 Å². The molecule has 176 valence electrons. The van der Waals surface area contributed by atoms with E-state index in [-0.39, 0.29) is 11.8 Å². The van der Waals surface area contributed by atoms with Crippen LogP contribution in [0.4, 0.5) is 5.82 Å². The zero-order chi connectivity index (χ0) is 23.8. The molecule has 5 rings (SSSR count). The van der Waals surface area contributed by atoms with Crippen LogP contribution in [0.25, 0.3) is 27.7 Å². The Morgan fingerprint density at radius 1 is 1.24 bits per heavy atom. The van der Waals surface area contributed by atoms with Gasteiger partial charge in [0.15, 0.2) is 5.65 Å². The highest BCUT2D eigenvalue weighted by molar-refractivity contribution is 9.10. The molecule has 0 atom stereocenters. The fourth-order valence-corrected chi connectivity index (χ4v) is 4.89. The molecule has 0 radical (unpaired) electrons. The fraction of sp³-hybridized carbons (Fsp3) is 0.360. The number of nitrogen functional groups attached to an aromatic ring is 1. The summed E-state index contributed by atoms with van der Waals surface area (Å²) in [7, 11) is 0. The van der Waals surface area contributed by atoms with Crippen molar-refractivity contribution in [1.82, 2.24) is 29.8 Å². The summed E-state index contributed by atoms with van der Waals surface area (Å²) in [5, 5.41) is 9.15. The normalized spacial score (nSPS) is 15.0. The third-order valence-corrected chi connectivity index (χ3v) is 7.32. The van der Waals surface area contributed by atoms with E-state index in [4.69, 9.17) is 10.7 Å². The molecule has 4 aromatic rings. The van der Waals surface area contributed by atoms with Gasteiger partial charge in [0.2, 0.25) is 5.91 Å². The Kier molecular flexibility index (Phi) is 6.22. The molecule has 4 heterocycles. The van der Waals surface area contributed by atoms with Crippen LogP contribution in [0.5, 0.6) is 0 Å². The van der Waals surface area contributed by atoms with E-state index in [1.807, 2.05) is 49.2 Å². The van der Waals surface area contributed by atoms with Gasteiger partial charge in [0.05, 0.1) is 21.9 Å². The quantitative estimate of drug-likeness (QED) is 0.411. The molecule has 1 aliphatic rings. The van der Waals surface area contributed by atoms with Crippen LogP contribution in [0.3, 0.4) is 0 Å². The maximum absolute atomic E-state index is 12.2. The van der Waals surface area contributed by atoms with Crippen LogP contribution >= 0.6 is 15.9 Å². The van der Waals surface area contributed by atoms with Crippen LogP contribution < -0.4 is 11.1 Å². The maximum atomic E-state index is 12.2. The lowest BCUT2D eigenvalue weighted by Gasteiger charge is -2.33. The molecule has 0 aliphatic carbocycles. The summed E-state index contributed by atoms with van der Waals surface area (Å²) >= 11 is 3.62. The average Bonchev–Trinajstić information content (AvgIpc) is 3.29. The fourth-order valence-electron chi connectivity index (χ4n) is 4.49. The molecule has 1 aromatic carbocycles. The molecule has 0 unspecified atom stereocenters. The van der Waals surface area contributed by atoms with Gasteiger partial charge in [0, 0.05) is 54.3 Å². The van der Waals surface area contributed by atoms with Crippen molar-refractivity contribution in [3.63, 3.8) is 0 Å². The summed E-state index contributed by atoms with van der Waals surface area (Å²) in [5.74, 6) is 0.790. The topological polar surface area (TPSA) is 101 Å². The second kappa shape index (κ2) is 9.31. The third kappa shape index (κ3) is 4.25. The maximum Gasteiger partial charge on any atom is 0.225 e. The number of rotatable bonds is 5. The number of halogens is 1. The van der Waals surface area contributed by atoms with Crippen molar-refractivity contribution < 1.29 is 4.79 Å². The zero-order valence-electron chi connectivity index (χ0n) is 19.3. The molecule has 1 fully saturated rings. The number of anilines is 1. The summed E-state index contributed by atoms with van der Waals surface area (Å²) < 4.78 is 2.40. The van der Waals surface area contributed by atoms with Gasteiger partial charge >= 0.3 is 0 Å². The van der Waals surface area contributed by atoms with Crippen LogP contribution in [0, 0.1) is 5.92 Å². The summed E-state index contributed by atoms with van der Waals surface area (Å²) in [5.41, 5.74) is 10.7. The Hall–Kier alpha value is -3.04. The lowest BCUT2D eigenvalue weighted by atomic mass is 10.0. The number of carbonyl (C=O) groups is 1. The lowest BCUT2D eigenvalue weighted by Crippen LogP contribution is -2.46. The van der Waals surface area contributed by atoms with Gasteiger partial charge in [0.1, 0.15) is 5.82 Å². The van der Waals surface area contributed by atoms with Gasteiger partial charge in [-0.25, -0.2) is 4.98 Å². The van der Waals surface area contributed by atoms with Gasteiger partial charge in [-0.3, -0.25) is 9.78 Å². The number of nitrogens with zero attached hydrogens (tertiary/aromatic N) is 5. The molecule has 9 heteroatoms. The second-order valence-corrected chi connectivity index (χ2v) is 9.90. The van der Waals surface area contributed by atoms with Crippen molar-refractivity contribution in [2.45, 2.75) is 39.3 Å². The highest BCUT2D eigenvalue weighted by Gasteiger charge is 2.24. The van der Waals surface area contributed by atoms with E-state index < -0.39 is 0 Å². The van der Waals surface area contributed by atoms with Crippen LogP contribution in [-0.4, -0.2) is 49.5 Å². The summed E-state index contributed by atoms with van der Waals surface area (Å²) in [6, 6.07) is 10.5. The molecule has 3 N–H and O–H groups in total. The number of hydrogen-bond acceptors (Lipinski definition) is 6. The first-order valence-corrected chi connectivity index (χ1v) is 12.4. The first-order chi connectivity index (χ1) is 16.4. The molecule has 0 saturated carbocycles. The van der Waals surface area contributed by atoms with Crippen molar-refractivity contribution in [2.24, 2.45) is 5.92 Å². The Bertz CT molecular complexity index is 1360. The number of nitrogens with two attached hydrogens (primary N) is 1. The van der Waals surface area contributed by atoms with Crippen molar-refractivity contribution in [3.8, 4) is 11.1 Å². The van der Waals surface area contributed by atoms with E-state index in [0.29, 0.717) is 24.1 Å². The first kappa shape index (κ1) is 22.7. The molecular formula is C25H28BrN7O. The summed E-state index contributed by atoms with van der Waals surface area (Å²) in [6.45, 7) is 6.05. The van der Waals surface area contributed by atoms with Crippen LogP contribution in [0.15, 0.2) is 47.2 Å². The van der Waals surface area contributed by atoms with Gasteiger partial charge in [-0.05, 0) is 40.9 Å². The number of piperidine rings is 1. The molecular weight excluding hydrogens is 494 g/mol. The molecule has 8 nitrogen and oxygen atoms in total. The standard InChI is InChI=1S/C25H28BrN7O/c1-15(2)25(34)32-9-7-18(8-10-32)28-14-21-22(26)23(27)33-24(31-21)19(13-30-33)17-11-16-5-3-4-6-20(16)29-12-17/h3-6,11-13,15,18,28H,7-10,14,27H2,1-2H3. The van der Waals surface area contributed by atoms with Crippen molar-refractivity contribution in [1.29, 1.82) is 0 Å². The SMILES string of the molecule is CC(C)C(=O)N1CCC(NCc2nc3c(-c4cnc5ccccc5c4)cnn3c(N)c2Br)CC1. The zero-order valence-corrected chi connectivity index (χ0v) is 20.9. The molecule has 1 amide bonds. The number of carbonyl (C=O) groups excluding carboxylic acids is 1. The monoisotopic (exact) mass is 521 g/mol. The third-order valence-electron chi connectivity index (χ3n) is 6.45. The average molecular weight is 522 g/mol. The minimum atomic E-state index is 0.0435. The number of hydrogen-bond donors (Lipinski definition) is 2. The summed E-state index contributed by atoms with van der Waals surface area (Å²) in [6.07, 6.45) is 5.49. The van der Waals surface area contributed by atoms with E-state index in [1.165, 1.54) is 0 Å². The van der Waals surface area contributed by atoms with Gasteiger partial charge in [-0.1, -0.05) is 32.0 Å². The van der Waals surface area contributed by atoms with E-state index >= 15 is 0 Å². The largest absolute Gasteiger partial charge is 0.383 e. The predicted octanol–water partition coefficient (Wildman–Crippen LogP) is 4.03. The minimum absolute atomic E-state index is 0.0435. The molecule has 0 bridgehead atoms. The van der Waals surface area contributed by atoms with Crippen molar-refractivity contribution in [3.05, 3.63) is 52.9 Å². The predicted molar refractivity (Wildman–Crippen MR) is 137 cm³/mol. The Labute approximate surface area is 206 Å². The molecule has 0 spiro atoms. The Morgan fingerprint density at radius 2 is 2.00 bits per heavy atom. The number of nitrogens with one attached hydrogen (secondary N) is 1. The number of benzene rings is 1. The second-order valence-electron chi connectivity index (χ2n) is 9.10. The number of fused-ring (bicyclic) bond motifs is 2. The van der Waals surface area contributed by atoms with Gasteiger partial charge in [-0.15, -0.1) is 0 Å². The summed E-state index contributed by atoms with van der Waals surface area (Å²) in [4.78, 5) is 23.7. The minimum Gasteiger partial charge on any atom is -0.383 e. The van der Waals surface area contributed by atoms with Gasteiger partial charge in [-0.2, -0.15) is 9.61 Å². The van der Waals surface area contributed by atoms with E-state index in [9.17, 15) is 4.79 Å². The van der Waals surface area contributed by atoms with Gasteiger partial charge < -0.3 is 16.0 Å². The lowest BCUT2D eigenvalue weighted by molar-refractivity contribution is -0.135. The van der Waals surface area contributed by atoms with E-state index in [0.717, 1.165) is 58.1 Å². The van der Waals surface area contributed by atoms with Crippen molar-refractivity contribution in [2.75, 3.05) is 18.8 Å².